The van der Waals surface area contributed by atoms with Crippen LogP contribution in [0.25, 0.3) is 86.3 Å². The summed E-state index contributed by atoms with van der Waals surface area (Å²) in [4.78, 5) is 98.6. The van der Waals surface area contributed by atoms with E-state index in [-0.39, 0.29) is 138 Å². The molecule has 19 rings (SSSR count). The van der Waals surface area contributed by atoms with Gasteiger partial charge in [0.1, 0.15) is 28.5 Å². The number of nitrogens with one attached hydrogen (secondary N) is 4. The second kappa shape index (κ2) is 42.6. The molecular formula is C100H72N32O9. The molecule has 141 heavy (non-hydrogen) atoms. The molecule has 8 heterocycles. The third-order valence-electron chi connectivity index (χ3n) is 21.1. The third kappa shape index (κ3) is 20.3. The maximum Gasteiger partial charge on any atom is 0.259 e. The number of ether oxygens (including phenoxy) is 1. The Bertz CT molecular complexity index is 8330. The molecule has 0 atom stereocenters. The first-order valence-corrected chi connectivity index (χ1v) is 42.3. The van der Waals surface area contributed by atoms with Crippen molar-refractivity contribution in [2.45, 2.75) is 27.2 Å². The van der Waals surface area contributed by atoms with Crippen LogP contribution < -0.4 is 26.0 Å². The zero-order chi connectivity index (χ0) is 98.6. The summed E-state index contributed by atoms with van der Waals surface area (Å²) < 4.78 is 10.4. The van der Waals surface area contributed by atoms with Crippen molar-refractivity contribution in [2.24, 2.45) is 40.9 Å². The number of fused-ring (bicyclic) bond motifs is 4. The highest BCUT2D eigenvalue weighted by Gasteiger charge is 2.27. The monoisotopic (exact) mass is 1860 g/mol. The molecule has 686 valence electrons. The quantitative estimate of drug-likeness (QED) is 0.0245. The van der Waals surface area contributed by atoms with Crippen LogP contribution in [0.3, 0.4) is 0 Å². The van der Waals surface area contributed by atoms with Crippen molar-refractivity contribution >= 4 is 153 Å². The van der Waals surface area contributed by atoms with Crippen LogP contribution in [0.4, 0.5) is 85.8 Å². The van der Waals surface area contributed by atoms with Crippen LogP contribution >= 0.6 is 0 Å². The molecule has 0 aliphatic rings. The summed E-state index contributed by atoms with van der Waals surface area (Å²) in [6.07, 6.45) is 18.5. The zero-order valence-corrected chi connectivity index (χ0v) is 74.7. The van der Waals surface area contributed by atoms with E-state index >= 15 is 0 Å². The van der Waals surface area contributed by atoms with Crippen LogP contribution in [0.15, 0.2) is 328 Å². The fourth-order valence-electron chi connectivity index (χ4n) is 14.2. The van der Waals surface area contributed by atoms with E-state index in [4.69, 9.17) is 31.0 Å². The molecule has 0 spiro atoms. The van der Waals surface area contributed by atoms with Crippen molar-refractivity contribution in [1.29, 1.82) is 0 Å². The lowest BCUT2D eigenvalue weighted by Gasteiger charge is -2.13. The molecule has 0 radical (unpaired) electrons. The number of rotatable bonds is 21. The molecule has 41 heteroatoms. The number of hydrogen-bond donors (Lipinski definition) is 8. The molecular weight excluding hydrogens is 1790 g/mol. The lowest BCUT2D eigenvalue weighted by Crippen LogP contribution is -2.17. The number of nitrogens with zero attached hydrogens (tertiary/aromatic N) is 28. The summed E-state index contributed by atoms with van der Waals surface area (Å²) in [7, 11) is 2.97. The van der Waals surface area contributed by atoms with E-state index in [0.717, 1.165) is 23.1 Å². The number of carbonyl (C=O) groups is 4. The second-order valence-electron chi connectivity index (χ2n) is 29.9. The van der Waals surface area contributed by atoms with E-state index in [1.807, 2.05) is 86.6 Å². The first-order chi connectivity index (χ1) is 68.8. The minimum atomic E-state index is -0.561. The maximum atomic E-state index is 13.2. The SMILES string of the molecule is [C-]#[N+]c1cnn(-c2ncccn2)c1N=Nc1c(O)c(C(=O)NC)cc2ccccc12.[C-]#[N+]c1cnn(-c2ncccn2)c1N=Nc1c(O)c(C(=O)Nc2ccc(C)cc2C)cc2ccccc12.[C-]#[N+]c1cnn(-c2ncccn2)c1N=Nc1c(O)c(C(=O)Nc2ccc(CC)cc2)cc2ccccc12.[C-]#[N+]c1cnn(-c2ncccn2)c1N=Nc1c(O)c(C(=O)Nc2ccccc2OC)cc2ccccc12. The van der Waals surface area contributed by atoms with E-state index in [2.05, 4.69) is 149 Å². The highest BCUT2D eigenvalue weighted by molar-refractivity contribution is 6.15. The van der Waals surface area contributed by atoms with E-state index in [9.17, 15) is 39.6 Å². The van der Waals surface area contributed by atoms with Gasteiger partial charge in [-0.05, 0) is 132 Å². The van der Waals surface area contributed by atoms with Gasteiger partial charge < -0.3 is 46.4 Å². The molecule has 0 saturated carbocycles. The molecule has 19 aromatic rings. The second-order valence-corrected chi connectivity index (χ2v) is 29.9. The Morgan fingerprint density at radius 3 is 0.957 bits per heavy atom. The van der Waals surface area contributed by atoms with Crippen molar-refractivity contribution < 1.29 is 44.3 Å². The fourth-order valence-corrected chi connectivity index (χ4v) is 14.2. The lowest BCUT2D eigenvalue weighted by molar-refractivity contribution is 0.0958. The van der Waals surface area contributed by atoms with Crippen LogP contribution in [0.2, 0.25) is 0 Å². The number of para-hydroxylation sites is 2. The molecule has 0 saturated heterocycles. The van der Waals surface area contributed by atoms with Crippen LogP contribution in [-0.4, -0.2) is 137 Å². The van der Waals surface area contributed by atoms with Crippen LogP contribution in [0.5, 0.6) is 28.7 Å². The van der Waals surface area contributed by atoms with E-state index in [1.54, 1.807) is 164 Å². The minimum absolute atomic E-state index is 0.0103. The van der Waals surface area contributed by atoms with Crippen molar-refractivity contribution in [2.75, 3.05) is 30.1 Å². The van der Waals surface area contributed by atoms with E-state index in [1.165, 1.54) is 82.5 Å². The van der Waals surface area contributed by atoms with Gasteiger partial charge in [-0.25, -0.2) is 59.3 Å². The van der Waals surface area contributed by atoms with Crippen LogP contribution in [-0.2, 0) is 6.42 Å². The van der Waals surface area contributed by atoms with Gasteiger partial charge in [-0.15, -0.1) is 40.9 Å². The smallest absolute Gasteiger partial charge is 0.259 e. The average molecular weight is 1870 g/mol. The number of anilines is 3. The Hall–Kier alpha value is -21.1. The fraction of sp³-hybridized carbons (Fsp3) is 0.0600. The predicted octanol–water partition coefficient (Wildman–Crippen LogP) is 22.3. The minimum Gasteiger partial charge on any atom is -0.505 e. The molecule has 8 N–H and O–H groups in total. The Morgan fingerprint density at radius 1 is 0.355 bits per heavy atom. The number of aromatic nitrogens is 16. The van der Waals surface area contributed by atoms with Crippen molar-refractivity contribution in [3.05, 3.63) is 371 Å². The predicted molar refractivity (Wildman–Crippen MR) is 523 cm³/mol. The molecule has 0 aliphatic heterocycles. The zero-order valence-electron chi connectivity index (χ0n) is 74.7. The number of phenolic OH excluding ortho intramolecular Hbond substituents is 4. The first kappa shape index (κ1) is 93.1. The number of carbonyl (C=O) groups excluding carboxylic acids is 4. The Labute approximate surface area is 799 Å². The highest BCUT2D eigenvalue weighted by atomic mass is 16.5. The molecule has 11 aromatic carbocycles. The molecule has 0 bridgehead atoms. The number of aryl methyl sites for hydroxylation is 3. The molecule has 0 aliphatic carbocycles. The van der Waals surface area contributed by atoms with Gasteiger partial charge in [0.15, 0.2) is 46.3 Å². The van der Waals surface area contributed by atoms with Gasteiger partial charge in [0.05, 0.1) is 86.1 Å². The molecule has 0 unspecified atom stereocenters. The van der Waals surface area contributed by atoms with Crippen molar-refractivity contribution in [3.8, 4) is 52.5 Å². The summed E-state index contributed by atoms with van der Waals surface area (Å²) in [5.74, 6) is -1.69. The van der Waals surface area contributed by atoms with Gasteiger partial charge in [0.2, 0.25) is 0 Å². The number of benzene rings is 11. The van der Waals surface area contributed by atoms with Gasteiger partial charge >= 0.3 is 0 Å². The van der Waals surface area contributed by atoms with Crippen LogP contribution in [0.1, 0.15) is 65.0 Å². The Kier molecular flexibility index (Phi) is 28.1. The van der Waals surface area contributed by atoms with E-state index in [0.29, 0.717) is 65.9 Å². The highest BCUT2D eigenvalue weighted by Crippen LogP contribution is 2.47. The van der Waals surface area contributed by atoms with E-state index < -0.39 is 23.6 Å². The molecule has 41 nitrogen and oxygen atoms in total. The number of phenols is 4. The Morgan fingerprint density at radius 2 is 0.652 bits per heavy atom. The summed E-state index contributed by atoms with van der Waals surface area (Å²) in [5.41, 5.74) is 5.78. The number of hydrogen-bond acceptors (Lipinski definition) is 29. The third-order valence-corrected chi connectivity index (χ3v) is 21.1. The largest absolute Gasteiger partial charge is 0.505 e. The Balaban J connectivity index is 0.000000136. The molecule has 8 aromatic heterocycles. The summed E-state index contributed by atoms with van der Waals surface area (Å²) in [6.45, 7) is 35.7. The molecule has 4 amide bonds. The van der Waals surface area contributed by atoms with Gasteiger partial charge in [0, 0.05) is 89.5 Å². The normalized spacial score (nSPS) is 11.0. The lowest BCUT2D eigenvalue weighted by atomic mass is 10.0. The van der Waals surface area contributed by atoms with Gasteiger partial charge in [-0.2, -0.15) is 39.1 Å². The number of azo groups is 4. The van der Waals surface area contributed by atoms with Crippen molar-refractivity contribution in [3.63, 3.8) is 0 Å². The summed E-state index contributed by atoms with van der Waals surface area (Å²) >= 11 is 0. The van der Waals surface area contributed by atoms with Gasteiger partial charge in [-0.3, -0.25) is 19.2 Å². The number of aromatic hydroxyl groups is 4. The summed E-state index contributed by atoms with van der Waals surface area (Å²) in [5, 5.41) is 111. The first-order valence-electron chi connectivity index (χ1n) is 42.3. The maximum absolute atomic E-state index is 13.2. The molecule has 0 fully saturated rings. The number of methoxy groups -OCH3 is 1. The number of amides is 4. The average Bonchev–Trinajstić information content (AvgIpc) is 1.40. The van der Waals surface area contributed by atoms with Crippen molar-refractivity contribution in [1.82, 2.24) is 84.3 Å². The topological polar surface area (TPSA) is 497 Å². The van der Waals surface area contributed by atoms with Gasteiger partial charge in [-0.1, -0.05) is 146 Å². The standard InChI is InChI=1S/2C27H20N8O2.C26H18N8O3.C20H14N8O2/c1-16-9-10-21(17(2)13-16)32-26(37)20-14-18-7-4-5-8-19(18)23(24(20)36)33-34-25-22(28-3)15-31-35(25)27-29-11-6-12-30-27;1-3-17-9-11-19(12-10-17)32-26(37)21-15-18-7-4-5-8-20(18)23(24(21)36)33-34-25-22(28-2)16-31-35(25)27-29-13-6-14-30-27;1-27-20-15-30-34(26-28-12-7-13-29-26)24(20)33-32-22-17-9-4-3-8-16(17)14-18(23(22)35)25(36)31-19-10-5-6-11-21(19)37-2;1-21-15-11-25-28(20-23-8-5-9-24-20)18(15)27-26-16-13-7-4-3-6-12(13)10-14(17(16)29)19(30)22-2/h4-15,36H,1-2H3,(H,32,37);4-16,36H,3H2,1H3,(H,32,37);3-15,35H,2H3,(H,31,36);3-11,29H,2H3,(H,22,30). The summed E-state index contributed by atoms with van der Waals surface area (Å²) in [6, 6.07) is 61.8. The van der Waals surface area contributed by atoms with Crippen LogP contribution in [0, 0.1) is 40.1 Å². The van der Waals surface area contributed by atoms with Gasteiger partial charge in [0.25, 0.3) is 70.2 Å².